The lowest BCUT2D eigenvalue weighted by Gasteiger charge is -2.26. The van der Waals surface area contributed by atoms with Crippen LogP contribution in [0.1, 0.15) is 49.5 Å². The van der Waals surface area contributed by atoms with E-state index in [1.165, 1.54) is 0 Å². The van der Waals surface area contributed by atoms with Gasteiger partial charge in [0.2, 0.25) is 5.91 Å². The standard InChI is InChI=1S/C18H23NO2/c1-12-11-16(14(3)21-12)13(2)19-17(20)18(4,5)15-9-7-6-8-10-15/h6-11,13H,1-5H3,(H,19,20)/t13-/m1/s1. The molecule has 1 N–H and O–H groups in total. The molecule has 0 fully saturated rings. The fourth-order valence-corrected chi connectivity index (χ4v) is 2.52. The van der Waals surface area contributed by atoms with Crippen molar-refractivity contribution in [3.05, 3.63) is 59.0 Å². The summed E-state index contributed by atoms with van der Waals surface area (Å²) in [5.74, 6) is 1.74. The van der Waals surface area contributed by atoms with Crippen molar-refractivity contribution >= 4 is 5.91 Å². The Kier molecular flexibility index (Phi) is 4.21. The summed E-state index contributed by atoms with van der Waals surface area (Å²) >= 11 is 0. The highest BCUT2D eigenvalue weighted by Gasteiger charge is 2.31. The Morgan fingerprint density at radius 3 is 2.33 bits per heavy atom. The number of furan rings is 1. The normalized spacial score (nSPS) is 13.0. The summed E-state index contributed by atoms with van der Waals surface area (Å²) in [7, 11) is 0. The zero-order valence-corrected chi connectivity index (χ0v) is 13.4. The molecule has 0 bridgehead atoms. The molecule has 2 rings (SSSR count). The van der Waals surface area contributed by atoms with E-state index in [0.29, 0.717) is 0 Å². The van der Waals surface area contributed by atoms with Crippen LogP contribution >= 0.6 is 0 Å². The van der Waals surface area contributed by atoms with Gasteiger partial charge in [0.25, 0.3) is 0 Å². The number of amides is 1. The fraction of sp³-hybridized carbons (Fsp3) is 0.389. The summed E-state index contributed by atoms with van der Waals surface area (Å²) in [6, 6.07) is 11.7. The maximum absolute atomic E-state index is 12.6. The predicted molar refractivity (Wildman–Crippen MR) is 84.2 cm³/mol. The zero-order chi connectivity index (χ0) is 15.6. The van der Waals surface area contributed by atoms with Gasteiger partial charge in [-0.05, 0) is 46.2 Å². The molecule has 0 radical (unpaired) electrons. The first-order valence-corrected chi connectivity index (χ1v) is 7.26. The number of hydrogen-bond donors (Lipinski definition) is 1. The molecule has 0 aliphatic heterocycles. The molecule has 0 saturated carbocycles. The maximum Gasteiger partial charge on any atom is 0.230 e. The van der Waals surface area contributed by atoms with E-state index < -0.39 is 5.41 Å². The first kappa shape index (κ1) is 15.4. The van der Waals surface area contributed by atoms with Gasteiger partial charge in [0, 0.05) is 5.56 Å². The summed E-state index contributed by atoms with van der Waals surface area (Å²) in [6.45, 7) is 9.71. The first-order chi connectivity index (χ1) is 9.82. The third kappa shape index (κ3) is 3.18. The van der Waals surface area contributed by atoms with Gasteiger partial charge in [0.05, 0.1) is 11.5 Å². The molecule has 3 heteroatoms. The van der Waals surface area contributed by atoms with Gasteiger partial charge < -0.3 is 9.73 Å². The number of hydrogen-bond acceptors (Lipinski definition) is 2. The van der Waals surface area contributed by atoms with E-state index in [0.717, 1.165) is 22.6 Å². The molecule has 0 saturated heterocycles. The lowest BCUT2D eigenvalue weighted by molar-refractivity contribution is -0.126. The highest BCUT2D eigenvalue weighted by Crippen LogP contribution is 2.26. The number of carbonyl (C=O) groups is 1. The Labute approximate surface area is 126 Å². The molecule has 1 heterocycles. The second kappa shape index (κ2) is 5.76. The van der Waals surface area contributed by atoms with Crippen molar-refractivity contribution in [2.45, 2.75) is 46.1 Å². The van der Waals surface area contributed by atoms with Gasteiger partial charge in [-0.3, -0.25) is 4.79 Å². The minimum atomic E-state index is -0.567. The Morgan fingerprint density at radius 2 is 1.81 bits per heavy atom. The van der Waals surface area contributed by atoms with Crippen molar-refractivity contribution in [2.75, 3.05) is 0 Å². The van der Waals surface area contributed by atoms with Crippen LogP contribution in [0.25, 0.3) is 0 Å². The van der Waals surface area contributed by atoms with Crippen LogP contribution in [0.15, 0.2) is 40.8 Å². The summed E-state index contributed by atoms with van der Waals surface area (Å²) in [5.41, 5.74) is 1.47. The fourth-order valence-electron chi connectivity index (χ4n) is 2.52. The zero-order valence-electron chi connectivity index (χ0n) is 13.4. The van der Waals surface area contributed by atoms with Crippen LogP contribution in [0.2, 0.25) is 0 Å². The van der Waals surface area contributed by atoms with Crippen LogP contribution in [-0.4, -0.2) is 5.91 Å². The predicted octanol–water partition coefficient (Wildman–Crippen LogP) is 4.05. The molecule has 3 nitrogen and oxygen atoms in total. The van der Waals surface area contributed by atoms with Crippen LogP contribution in [0.4, 0.5) is 0 Å². The number of nitrogens with one attached hydrogen (secondary N) is 1. The molecule has 1 aromatic heterocycles. The third-order valence-corrected chi connectivity index (χ3v) is 3.96. The molecule has 0 unspecified atom stereocenters. The summed E-state index contributed by atoms with van der Waals surface area (Å²) in [4.78, 5) is 12.6. The van der Waals surface area contributed by atoms with E-state index in [4.69, 9.17) is 4.42 Å². The van der Waals surface area contributed by atoms with E-state index in [1.807, 2.05) is 71.0 Å². The van der Waals surface area contributed by atoms with Crippen LogP contribution in [0.5, 0.6) is 0 Å². The lowest BCUT2D eigenvalue weighted by atomic mass is 9.83. The second-order valence-electron chi connectivity index (χ2n) is 6.05. The van der Waals surface area contributed by atoms with Crippen molar-refractivity contribution in [1.29, 1.82) is 0 Å². The summed E-state index contributed by atoms with van der Waals surface area (Å²) in [5, 5.41) is 3.09. The van der Waals surface area contributed by atoms with Gasteiger partial charge in [-0.1, -0.05) is 30.3 Å². The Balaban J connectivity index is 2.16. The maximum atomic E-state index is 12.6. The van der Waals surface area contributed by atoms with E-state index in [2.05, 4.69) is 5.32 Å². The molecule has 0 aliphatic carbocycles. The molecule has 112 valence electrons. The van der Waals surface area contributed by atoms with Crippen LogP contribution in [0.3, 0.4) is 0 Å². The molecule has 2 aromatic rings. The van der Waals surface area contributed by atoms with Crippen molar-refractivity contribution in [1.82, 2.24) is 5.32 Å². The number of benzene rings is 1. The topological polar surface area (TPSA) is 42.2 Å². The molecule has 1 atom stereocenters. The smallest absolute Gasteiger partial charge is 0.230 e. The second-order valence-corrected chi connectivity index (χ2v) is 6.05. The van der Waals surface area contributed by atoms with E-state index >= 15 is 0 Å². The van der Waals surface area contributed by atoms with Crippen LogP contribution in [-0.2, 0) is 10.2 Å². The van der Waals surface area contributed by atoms with E-state index in [1.54, 1.807) is 0 Å². The largest absolute Gasteiger partial charge is 0.466 e. The van der Waals surface area contributed by atoms with E-state index in [9.17, 15) is 4.79 Å². The minimum absolute atomic E-state index is 0.0134. The Bertz CT molecular complexity index is 626. The van der Waals surface area contributed by atoms with Crippen molar-refractivity contribution in [2.24, 2.45) is 0 Å². The molecule has 21 heavy (non-hydrogen) atoms. The number of carbonyl (C=O) groups excluding carboxylic acids is 1. The number of aryl methyl sites for hydroxylation is 2. The highest BCUT2D eigenvalue weighted by molar-refractivity contribution is 5.87. The molecular weight excluding hydrogens is 262 g/mol. The van der Waals surface area contributed by atoms with Gasteiger partial charge in [-0.2, -0.15) is 0 Å². The molecule has 0 spiro atoms. The summed E-state index contributed by atoms with van der Waals surface area (Å²) < 4.78 is 5.54. The van der Waals surface area contributed by atoms with Gasteiger partial charge >= 0.3 is 0 Å². The number of rotatable bonds is 4. The molecule has 1 amide bonds. The van der Waals surface area contributed by atoms with Gasteiger partial charge in [0.1, 0.15) is 11.5 Å². The Hall–Kier alpha value is -2.03. The van der Waals surface area contributed by atoms with Gasteiger partial charge in [-0.15, -0.1) is 0 Å². The van der Waals surface area contributed by atoms with Gasteiger partial charge in [0.15, 0.2) is 0 Å². The summed E-state index contributed by atoms with van der Waals surface area (Å²) in [6.07, 6.45) is 0. The third-order valence-electron chi connectivity index (χ3n) is 3.96. The molecule has 1 aromatic carbocycles. The minimum Gasteiger partial charge on any atom is -0.466 e. The average molecular weight is 285 g/mol. The van der Waals surface area contributed by atoms with Gasteiger partial charge in [-0.25, -0.2) is 0 Å². The molecular formula is C18H23NO2. The monoisotopic (exact) mass is 285 g/mol. The quantitative estimate of drug-likeness (QED) is 0.920. The SMILES string of the molecule is Cc1cc([C@@H](C)NC(=O)C(C)(C)c2ccccc2)c(C)o1. The van der Waals surface area contributed by atoms with Crippen LogP contribution in [0, 0.1) is 13.8 Å². The average Bonchev–Trinajstić information content (AvgIpc) is 2.78. The molecule has 0 aliphatic rings. The highest BCUT2D eigenvalue weighted by atomic mass is 16.3. The first-order valence-electron chi connectivity index (χ1n) is 7.26. The van der Waals surface area contributed by atoms with Crippen molar-refractivity contribution in [3.8, 4) is 0 Å². The lowest BCUT2D eigenvalue weighted by Crippen LogP contribution is -2.41. The van der Waals surface area contributed by atoms with Crippen molar-refractivity contribution < 1.29 is 9.21 Å². The van der Waals surface area contributed by atoms with Crippen LogP contribution < -0.4 is 5.32 Å². The Morgan fingerprint density at radius 1 is 1.19 bits per heavy atom. The van der Waals surface area contributed by atoms with E-state index in [-0.39, 0.29) is 11.9 Å². The van der Waals surface area contributed by atoms with Crippen molar-refractivity contribution in [3.63, 3.8) is 0 Å².